The molecule has 0 radical (unpaired) electrons. The van der Waals surface area contributed by atoms with Gasteiger partial charge in [-0.05, 0) is 12.8 Å². The summed E-state index contributed by atoms with van der Waals surface area (Å²) in [5.74, 6) is -0.739. The van der Waals surface area contributed by atoms with Crippen LogP contribution in [-0.4, -0.2) is 61.8 Å². The molecule has 0 saturated heterocycles. The van der Waals surface area contributed by atoms with Gasteiger partial charge in [0.1, 0.15) is 19.5 Å². The number of rotatable bonds is 8. The maximum Gasteiger partial charge on any atom is 0.435 e. The predicted octanol–water partition coefficient (Wildman–Crippen LogP) is 1.64. The quantitative estimate of drug-likeness (QED) is 0.354. The van der Waals surface area contributed by atoms with Crippen LogP contribution in [0.25, 0.3) is 0 Å². The second-order valence-electron chi connectivity index (χ2n) is 5.37. The Morgan fingerprint density at radius 2 is 1.73 bits per heavy atom. The smallest absolute Gasteiger partial charge is 0.435 e. The molecule has 0 spiro atoms. The molecule has 2 amide bonds. The van der Waals surface area contributed by atoms with Gasteiger partial charge in [-0.3, -0.25) is 0 Å². The molecule has 144 valence electrons. The Morgan fingerprint density at radius 1 is 1.19 bits per heavy atom. The van der Waals surface area contributed by atoms with Crippen LogP contribution < -0.4 is 0 Å². The van der Waals surface area contributed by atoms with Crippen molar-refractivity contribution in [2.45, 2.75) is 18.9 Å². The summed E-state index contributed by atoms with van der Waals surface area (Å²) in [7, 11) is -4.15. The fourth-order valence-electron chi connectivity index (χ4n) is 2.34. The highest BCUT2D eigenvalue weighted by molar-refractivity contribution is 7.88. The molecule has 26 heavy (non-hydrogen) atoms. The lowest BCUT2D eigenvalue weighted by molar-refractivity contribution is -0.113. The highest BCUT2D eigenvalue weighted by Crippen LogP contribution is 2.26. The minimum absolute atomic E-state index is 0.235. The Labute approximate surface area is 152 Å². The summed E-state index contributed by atoms with van der Waals surface area (Å²) in [6.45, 7) is 6.26. The third kappa shape index (κ3) is 5.53. The molecular weight excluding hydrogens is 364 g/mol. The molecule has 0 bridgehead atoms. The number of imide groups is 1. The minimum atomic E-state index is -4.15. The van der Waals surface area contributed by atoms with Crippen LogP contribution in [0.4, 0.5) is 9.59 Å². The number of carbonyl (C=O) groups excluding carboxylic acids is 3. The van der Waals surface area contributed by atoms with Crippen molar-refractivity contribution in [1.29, 1.82) is 0 Å². The van der Waals surface area contributed by atoms with Crippen LogP contribution in [0.5, 0.6) is 0 Å². The molecule has 0 aromatic heterocycles. The maximum absolute atomic E-state index is 12.4. The molecule has 0 fully saturated rings. The van der Waals surface area contributed by atoms with Crippen molar-refractivity contribution in [3.63, 3.8) is 0 Å². The van der Waals surface area contributed by atoms with Crippen molar-refractivity contribution >= 4 is 28.5 Å². The van der Waals surface area contributed by atoms with E-state index in [0.717, 1.165) is 6.26 Å². The van der Waals surface area contributed by atoms with Gasteiger partial charge in [-0.25, -0.2) is 18.0 Å². The van der Waals surface area contributed by atoms with E-state index >= 15 is 0 Å². The van der Waals surface area contributed by atoms with Crippen molar-refractivity contribution < 1.29 is 32.3 Å². The van der Waals surface area contributed by atoms with Gasteiger partial charge in [0.15, 0.2) is 0 Å². The van der Waals surface area contributed by atoms with Crippen LogP contribution in [-0.2, 0) is 24.3 Å². The zero-order valence-corrected chi connectivity index (χ0v) is 15.3. The Hall–Kier alpha value is -2.46. The first kappa shape index (κ1) is 21.6. The van der Waals surface area contributed by atoms with Crippen LogP contribution in [0.1, 0.15) is 12.8 Å². The van der Waals surface area contributed by atoms with Gasteiger partial charge < -0.3 is 14.3 Å². The lowest BCUT2D eigenvalue weighted by Gasteiger charge is -2.37. The summed E-state index contributed by atoms with van der Waals surface area (Å²) < 4.78 is 34.9. The molecule has 0 unspecified atom stereocenters. The van der Waals surface area contributed by atoms with Gasteiger partial charge in [0.05, 0.1) is 12.3 Å². The summed E-state index contributed by atoms with van der Waals surface area (Å²) in [5.41, 5.74) is 0. The van der Waals surface area contributed by atoms with E-state index in [4.69, 9.17) is 9.47 Å². The van der Waals surface area contributed by atoms with E-state index < -0.39 is 34.2 Å². The Balaban J connectivity index is 3.38. The molecule has 1 rings (SSSR count). The number of ether oxygens (including phenoxy) is 2. The fraction of sp³-hybridized carbons (Fsp3) is 0.438. The molecule has 1 aliphatic rings. The second kappa shape index (κ2) is 9.88. The number of hydrogen-bond acceptors (Lipinski definition) is 7. The topological polar surface area (TPSA) is 110 Å². The van der Waals surface area contributed by atoms with Gasteiger partial charge in [-0.2, -0.15) is 0 Å². The van der Waals surface area contributed by atoms with Crippen molar-refractivity contribution in [2.75, 3.05) is 19.5 Å². The van der Waals surface area contributed by atoms with Crippen molar-refractivity contribution in [2.24, 2.45) is 5.92 Å². The monoisotopic (exact) mass is 386 g/mol. The first-order valence-electron chi connectivity index (χ1n) is 7.74. The molecule has 0 heterocycles. The predicted molar refractivity (Wildman–Crippen MR) is 93.3 cm³/mol. The lowest BCUT2D eigenvalue weighted by Crippen LogP contribution is -2.58. The molecular formula is C16H22N2O7S. The fourth-order valence-corrected chi connectivity index (χ4v) is 3.44. The molecule has 0 aliphatic heterocycles. The van der Waals surface area contributed by atoms with E-state index in [1.165, 1.54) is 18.2 Å². The number of hydrazine groups is 1. The second-order valence-corrected chi connectivity index (χ2v) is 7.21. The summed E-state index contributed by atoms with van der Waals surface area (Å²) in [6, 6.07) is -1.07. The molecule has 1 aliphatic carbocycles. The van der Waals surface area contributed by atoms with E-state index in [0.29, 0.717) is 23.5 Å². The number of hydrogen-bond donors (Lipinski definition) is 0. The molecule has 10 heteroatoms. The minimum Gasteiger partial charge on any atom is -0.444 e. The number of aldehydes is 1. The van der Waals surface area contributed by atoms with E-state index in [1.807, 2.05) is 0 Å². The highest BCUT2D eigenvalue weighted by atomic mass is 32.2. The Kier molecular flexibility index (Phi) is 8.20. The Bertz CT molecular complexity index is 663. The largest absolute Gasteiger partial charge is 0.444 e. The average molecular weight is 386 g/mol. The molecule has 0 saturated carbocycles. The van der Waals surface area contributed by atoms with E-state index in [2.05, 4.69) is 13.2 Å². The molecule has 0 aromatic carbocycles. The number of carbonyl (C=O) groups is 3. The van der Waals surface area contributed by atoms with Gasteiger partial charge in [0, 0.05) is 5.92 Å². The SMILES string of the molecule is C=CCOC(=O)N(C(=O)OCC=C)N([C@H]1C=CCC[C@H]1C=O)S(C)(=O)=O. The summed E-state index contributed by atoms with van der Waals surface area (Å²) >= 11 is 0. The molecule has 0 N–H and O–H groups in total. The average Bonchev–Trinajstić information content (AvgIpc) is 2.60. The van der Waals surface area contributed by atoms with Crippen molar-refractivity contribution in [1.82, 2.24) is 9.42 Å². The van der Waals surface area contributed by atoms with E-state index in [9.17, 15) is 22.8 Å². The summed E-state index contributed by atoms with van der Waals surface area (Å²) in [4.78, 5) is 36.1. The first-order chi connectivity index (χ1) is 12.3. The zero-order valence-electron chi connectivity index (χ0n) is 14.4. The van der Waals surface area contributed by atoms with Crippen LogP contribution in [0.15, 0.2) is 37.5 Å². The molecule has 2 atom stereocenters. The van der Waals surface area contributed by atoms with Gasteiger partial charge >= 0.3 is 12.2 Å². The number of sulfonamides is 1. The lowest BCUT2D eigenvalue weighted by atomic mass is 9.91. The third-order valence-corrected chi connectivity index (χ3v) is 4.49. The summed E-state index contributed by atoms with van der Waals surface area (Å²) in [6.07, 6.45) is 5.44. The molecule has 9 nitrogen and oxygen atoms in total. The number of amides is 2. The number of allylic oxidation sites excluding steroid dienone is 1. The summed E-state index contributed by atoms with van der Waals surface area (Å²) in [5, 5.41) is 0.235. The van der Waals surface area contributed by atoms with Gasteiger partial charge in [-0.1, -0.05) is 41.9 Å². The van der Waals surface area contributed by atoms with Crippen LogP contribution in [0.3, 0.4) is 0 Å². The van der Waals surface area contributed by atoms with Crippen molar-refractivity contribution in [3.8, 4) is 0 Å². The van der Waals surface area contributed by atoms with E-state index in [-0.39, 0.29) is 18.2 Å². The van der Waals surface area contributed by atoms with Crippen LogP contribution in [0.2, 0.25) is 0 Å². The van der Waals surface area contributed by atoms with Gasteiger partial charge in [0.25, 0.3) is 0 Å². The standard InChI is InChI=1S/C16H22N2O7S/c1-4-10-24-15(20)17(16(21)25-11-5-2)18(26(3,22)23)14-9-7-6-8-13(14)12-19/h4-5,7,9,12-14H,1-2,6,8,10-11H2,3H3/t13-,14-/m0/s1. The van der Waals surface area contributed by atoms with E-state index in [1.54, 1.807) is 6.08 Å². The number of nitrogens with zero attached hydrogens (tertiary/aromatic N) is 2. The first-order valence-corrected chi connectivity index (χ1v) is 9.59. The highest BCUT2D eigenvalue weighted by Gasteiger charge is 2.43. The Morgan fingerprint density at radius 3 is 2.15 bits per heavy atom. The van der Waals surface area contributed by atoms with Crippen LogP contribution >= 0.6 is 0 Å². The normalized spacial score (nSPS) is 19.5. The maximum atomic E-state index is 12.4. The van der Waals surface area contributed by atoms with Gasteiger partial charge in [0.2, 0.25) is 10.0 Å². The van der Waals surface area contributed by atoms with Gasteiger partial charge in [-0.15, -0.1) is 5.01 Å². The molecule has 0 aromatic rings. The zero-order chi connectivity index (χ0) is 19.7. The van der Waals surface area contributed by atoms with Crippen LogP contribution in [0, 0.1) is 5.92 Å². The van der Waals surface area contributed by atoms with Crippen molar-refractivity contribution in [3.05, 3.63) is 37.5 Å². The third-order valence-electron chi connectivity index (χ3n) is 3.40.